The molecule has 2 rings (SSSR count). The molecule has 4 nitrogen and oxygen atoms in total. The van der Waals surface area contributed by atoms with Crippen molar-refractivity contribution in [2.45, 2.75) is 0 Å². The van der Waals surface area contributed by atoms with Crippen LogP contribution in [0.5, 0.6) is 0 Å². The topological polar surface area (TPSA) is 52.6 Å². The van der Waals surface area contributed by atoms with Crippen molar-refractivity contribution in [3.63, 3.8) is 0 Å². The predicted molar refractivity (Wildman–Crippen MR) is 84.1 cm³/mol. The van der Waals surface area contributed by atoms with Gasteiger partial charge in [-0.1, -0.05) is 61.7 Å². The van der Waals surface area contributed by atoms with E-state index in [2.05, 4.69) is 22.9 Å². The number of allylic oxidation sites excluding steroid dienone is 2. The molecule has 112 valence electrons. The molecule has 0 aliphatic rings. The van der Waals surface area contributed by atoms with Crippen molar-refractivity contribution in [1.82, 2.24) is 0 Å². The Morgan fingerprint density at radius 3 is 1.27 bits per heavy atom. The van der Waals surface area contributed by atoms with Gasteiger partial charge in [0.15, 0.2) is 0 Å². The highest BCUT2D eigenvalue weighted by Crippen LogP contribution is 2.05. The number of benzene rings is 2. The lowest BCUT2D eigenvalue weighted by Crippen LogP contribution is -2.11. The SMILES string of the molecule is C=CC=C.O=C(OOC(=O)c1ccccc1)c1ccccc1. The Balaban J connectivity index is 0.000000541. The van der Waals surface area contributed by atoms with Crippen molar-refractivity contribution in [2.24, 2.45) is 0 Å². The second-order valence-corrected chi connectivity index (χ2v) is 3.95. The minimum atomic E-state index is -0.708. The quantitative estimate of drug-likeness (QED) is 0.488. The molecule has 0 saturated carbocycles. The third-order valence-corrected chi connectivity index (χ3v) is 2.38. The van der Waals surface area contributed by atoms with Gasteiger partial charge in [-0.2, -0.15) is 0 Å². The van der Waals surface area contributed by atoms with Gasteiger partial charge < -0.3 is 0 Å². The standard InChI is InChI=1S/C14H10O4.C4H6/c15-13(11-7-3-1-4-8-11)17-18-14(16)12-9-5-2-6-10-12;1-3-4-2/h1-10H;3-4H,1-2H2. The van der Waals surface area contributed by atoms with Crippen molar-refractivity contribution < 1.29 is 19.4 Å². The molecule has 0 aromatic heterocycles. The van der Waals surface area contributed by atoms with Crippen molar-refractivity contribution in [3.05, 3.63) is 97.1 Å². The van der Waals surface area contributed by atoms with E-state index in [-0.39, 0.29) is 0 Å². The largest absolute Gasteiger partial charge is 0.386 e. The highest BCUT2D eigenvalue weighted by molar-refractivity contribution is 5.92. The van der Waals surface area contributed by atoms with Gasteiger partial charge in [0.25, 0.3) is 0 Å². The normalized spacial score (nSPS) is 8.73. The molecule has 0 aliphatic carbocycles. The van der Waals surface area contributed by atoms with Crippen molar-refractivity contribution in [2.75, 3.05) is 0 Å². The van der Waals surface area contributed by atoms with E-state index in [0.29, 0.717) is 11.1 Å². The second-order valence-electron chi connectivity index (χ2n) is 3.95. The van der Waals surface area contributed by atoms with Crippen LogP contribution in [0.3, 0.4) is 0 Å². The van der Waals surface area contributed by atoms with Crippen molar-refractivity contribution in [1.29, 1.82) is 0 Å². The molecule has 0 radical (unpaired) electrons. The number of rotatable bonds is 3. The fraction of sp³-hybridized carbons (Fsp3) is 0. The number of hydrogen-bond donors (Lipinski definition) is 0. The molecule has 0 amide bonds. The van der Waals surface area contributed by atoms with E-state index in [1.54, 1.807) is 72.8 Å². The molecule has 0 aliphatic heterocycles. The smallest absolute Gasteiger partial charge is 0.242 e. The van der Waals surface area contributed by atoms with Gasteiger partial charge in [-0.25, -0.2) is 19.4 Å². The second kappa shape index (κ2) is 9.72. The maximum Gasteiger partial charge on any atom is 0.386 e. The van der Waals surface area contributed by atoms with E-state index in [1.807, 2.05) is 0 Å². The lowest BCUT2D eigenvalue weighted by Gasteiger charge is -2.02. The summed E-state index contributed by atoms with van der Waals surface area (Å²) in [5.74, 6) is -1.42. The zero-order valence-electron chi connectivity index (χ0n) is 12.0. The monoisotopic (exact) mass is 296 g/mol. The summed E-state index contributed by atoms with van der Waals surface area (Å²) in [5, 5.41) is 0. The highest BCUT2D eigenvalue weighted by atomic mass is 17.2. The van der Waals surface area contributed by atoms with Gasteiger partial charge in [0.1, 0.15) is 0 Å². The van der Waals surface area contributed by atoms with Crippen LogP contribution in [0, 0.1) is 0 Å². The van der Waals surface area contributed by atoms with Crippen LogP contribution in [0.25, 0.3) is 0 Å². The van der Waals surface area contributed by atoms with Crippen molar-refractivity contribution in [3.8, 4) is 0 Å². The minimum absolute atomic E-state index is 0.318. The molecule has 2 aromatic rings. The van der Waals surface area contributed by atoms with Gasteiger partial charge in [-0.05, 0) is 24.3 Å². The van der Waals surface area contributed by atoms with Gasteiger partial charge in [-0.3, -0.25) is 0 Å². The van der Waals surface area contributed by atoms with E-state index < -0.39 is 11.9 Å². The molecule has 0 atom stereocenters. The van der Waals surface area contributed by atoms with Crippen LogP contribution in [-0.4, -0.2) is 11.9 Å². The lowest BCUT2D eigenvalue weighted by atomic mass is 10.2. The lowest BCUT2D eigenvalue weighted by molar-refractivity contribution is -0.187. The zero-order chi connectivity index (χ0) is 16.2. The van der Waals surface area contributed by atoms with Gasteiger partial charge in [0.05, 0.1) is 11.1 Å². The molecule has 2 aromatic carbocycles. The van der Waals surface area contributed by atoms with Crippen molar-refractivity contribution >= 4 is 11.9 Å². The number of carbonyl (C=O) groups is 2. The Bertz CT molecular complexity index is 561. The summed E-state index contributed by atoms with van der Waals surface area (Å²) in [6.07, 6.45) is 3.28. The van der Waals surface area contributed by atoms with Gasteiger partial charge in [0, 0.05) is 0 Å². The van der Waals surface area contributed by atoms with Gasteiger partial charge in [0.2, 0.25) is 0 Å². The molecule has 0 N–H and O–H groups in total. The Kier molecular flexibility index (Phi) is 7.47. The predicted octanol–water partition coefficient (Wildman–Crippen LogP) is 3.97. The van der Waals surface area contributed by atoms with Crippen LogP contribution in [0.4, 0.5) is 0 Å². The highest BCUT2D eigenvalue weighted by Gasteiger charge is 2.12. The van der Waals surface area contributed by atoms with E-state index in [0.717, 1.165) is 0 Å². The molecule has 0 unspecified atom stereocenters. The summed E-state index contributed by atoms with van der Waals surface area (Å²) in [6.45, 7) is 6.72. The first kappa shape index (κ1) is 16.9. The summed E-state index contributed by atoms with van der Waals surface area (Å²) in [6, 6.07) is 16.6. The third-order valence-electron chi connectivity index (χ3n) is 2.38. The summed E-state index contributed by atoms with van der Waals surface area (Å²) >= 11 is 0. The molecule has 4 heteroatoms. The number of hydrogen-bond acceptors (Lipinski definition) is 4. The van der Waals surface area contributed by atoms with Gasteiger partial charge >= 0.3 is 11.9 Å². The molecule has 0 spiro atoms. The van der Waals surface area contributed by atoms with Crippen LogP contribution in [-0.2, 0) is 9.78 Å². The molecule has 0 saturated heterocycles. The van der Waals surface area contributed by atoms with Crippen LogP contribution in [0.15, 0.2) is 86.0 Å². The Morgan fingerprint density at radius 1 is 0.682 bits per heavy atom. The third kappa shape index (κ3) is 5.88. The summed E-state index contributed by atoms with van der Waals surface area (Å²) in [4.78, 5) is 31.9. The fourth-order valence-electron chi connectivity index (χ4n) is 1.32. The molecule has 0 fully saturated rings. The van der Waals surface area contributed by atoms with Crippen LogP contribution in [0.2, 0.25) is 0 Å². The van der Waals surface area contributed by atoms with E-state index in [1.165, 1.54) is 0 Å². The molecular weight excluding hydrogens is 280 g/mol. The maximum atomic E-state index is 11.5. The summed E-state index contributed by atoms with van der Waals surface area (Å²) in [5.41, 5.74) is 0.636. The molecule has 0 bridgehead atoms. The van der Waals surface area contributed by atoms with Crippen LogP contribution < -0.4 is 0 Å². The fourth-order valence-corrected chi connectivity index (χ4v) is 1.32. The average Bonchev–Trinajstić information content (AvgIpc) is 2.61. The minimum Gasteiger partial charge on any atom is -0.242 e. The van der Waals surface area contributed by atoms with E-state index in [4.69, 9.17) is 0 Å². The summed E-state index contributed by atoms with van der Waals surface area (Å²) in [7, 11) is 0. The van der Waals surface area contributed by atoms with Crippen LogP contribution >= 0.6 is 0 Å². The number of carbonyl (C=O) groups excluding carboxylic acids is 2. The van der Waals surface area contributed by atoms with E-state index >= 15 is 0 Å². The zero-order valence-corrected chi connectivity index (χ0v) is 12.0. The first-order valence-corrected chi connectivity index (χ1v) is 6.45. The summed E-state index contributed by atoms with van der Waals surface area (Å²) < 4.78 is 0. The van der Waals surface area contributed by atoms with Gasteiger partial charge in [-0.15, -0.1) is 0 Å². The Morgan fingerprint density at radius 2 is 1.00 bits per heavy atom. The Hall–Kier alpha value is -3.14. The molecule has 22 heavy (non-hydrogen) atoms. The first-order valence-electron chi connectivity index (χ1n) is 6.45. The first-order chi connectivity index (χ1) is 10.7. The molecular formula is C18H16O4. The average molecular weight is 296 g/mol. The van der Waals surface area contributed by atoms with E-state index in [9.17, 15) is 9.59 Å². The molecule has 0 heterocycles. The Labute approximate surface area is 129 Å². The van der Waals surface area contributed by atoms with Crippen LogP contribution in [0.1, 0.15) is 20.7 Å². The maximum absolute atomic E-state index is 11.5.